The van der Waals surface area contributed by atoms with E-state index in [1.165, 1.54) is 12.5 Å². The molecule has 2 amide bonds. The van der Waals surface area contributed by atoms with Crippen molar-refractivity contribution in [2.45, 2.75) is 31.8 Å². The van der Waals surface area contributed by atoms with Crippen LogP contribution in [0.1, 0.15) is 36.5 Å². The number of carbonyl (C=O) groups excluding carboxylic acids is 2. The fraction of sp³-hybridized carbons (Fsp3) is 0.571. The largest absolute Gasteiger partial charge is 0.472 e. The summed E-state index contributed by atoms with van der Waals surface area (Å²) in [4.78, 5) is 25.3. The lowest BCUT2D eigenvalue weighted by molar-refractivity contribution is -0.134. The number of carbonyl (C=O) groups is 2. The predicted octanol–water partition coefficient (Wildman–Crippen LogP) is 0.773. The molecule has 6 nitrogen and oxygen atoms in total. The minimum Gasteiger partial charge on any atom is -0.472 e. The summed E-state index contributed by atoms with van der Waals surface area (Å²) in [6, 6.07) is 1.57. The average molecular weight is 280 g/mol. The van der Waals surface area contributed by atoms with E-state index in [2.05, 4.69) is 5.32 Å². The quantitative estimate of drug-likeness (QED) is 0.853. The Hall–Kier alpha value is -1.82. The van der Waals surface area contributed by atoms with Crippen molar-refractivity contribution in [1.29, 1.82) is 0 Å². The van der Waals surface area contributed by atoms with Gasteiger partial charge in [0.1, 0.15) is 6.26 Å². The molecule has 0 atom stereocenters. The Morgan fingerprint density at radius 1 is 1.45 bits per heavy atom. The second kappa shape index (κ2) is 6.09. The van der Waals surface area contributed by atoms with Crippen molar-refractivity contribution in [2.75, 3.05) is 19.6 Å². The zero-order valence-corrected chi connectivity index (χ0v) is 11.6. The van der Waals surface area contributed by atoms with Gasteiger partial charge in [0.25, 0.3) is 5.91 Å². The molecule has 1 fully saturated rings. The van der Waals surface area contributed by atoms with Crippen molar-refractivity contribution in [3.63, 3.8) is 0 Å². The van der Waals surface area contributed by atoms with E-state index in [1.807, 2.05) is 0 Å². The Bertz CT molecular complexity index is 458. The number of piperidine rings is 1. The molecule has 1 aromatic rings. The van der Waals surface area contributed by atoms with E-state index in [0.717, 1.165) is 0 Å². The summed E-state index contributed by atoms with van der Waals surface area (Å²) < 4.78 is 4.82. The number of nitrogens with one attached hydrogen (secondary N) is 1. The molecule has 0 radical (unpaired) electrons. The van der Waals surface area contributed by atoms with E-state index in [9.17, 15) is 14.7 Å². The van der Waals surface area contributed by atoms with Crippen LogP contribution < -0.4 is 5.32 Å². The van der Waals surface area contributed by atoms with Crippen molar-refractivity contribution < 1.29 is 19.1 Å². The van der Waals surface area contributed by atoms with Crippen LogP contribution in [0.2, 0.25) is 0 Å². The van der Waals surface area contributed by atoms with E-state index >= 15 is 0 Å². The molecule has 1 saturated heterocycles. The third-order valence-corrected chi connectivity index (χ3v) is 3.60. The first-order chi connectivity index (χ1) is 9.48. The molecule has 1 aliphatic heterocycles. The van der Waals surface area contributed by atoms with E-state index in [-0.39, 0.29) is 18.2 Å². The van der Waals surface area contributed by atoms with Gasteiger partial charge in [0, 0.05) is 26.1 Å². The Balaban J connectivity index is 1.69. The van der Waals surface area contributed by atoms with E-state index < -0.39 is 5.60 Å². The lowest BCUT2D eigenvalue weighted by atomic mass is 9.94. The number of hydrogen-bond acceptors (Lipinski definition) is 4. The van der Waals surface area contributed by atoms with Gasteiger partial charge in [-0.2, -0.15) is 0 Å². The number of furan rings is 1. The van der Waals surface area contributed by atoms with Crippen LogP contribution in [0.3, 0.4) is 0 Å². The van der Waals surface area contributed by atoms with Gasteiger partial charge < -0.3 is 19.7 Å². The molecule has 2 N–H and O–H groups in total. The number of hydrogen-bond donors (Lipinski definition) is 2. The molecular weight excluding hydrogens is 260 g/mol. The van der Waals surface area contributed by atoms with Gasteiger partial charge in [-0.1, -0.05) is 0 Å². The standard InChI is InChI=1S/C14H20N2O4/c1-14(19)4-7-16(8-5-14)12(17)2-6-15-13(18)11-3-9-20-10-11/h3,9-10,19H,2,4-8H2,1H3,(H,15,18). The molecule has 0 aromatic carbocycles. The maximum absolute atomic E-state index is 12.0. The summed E-state index contributed by atoms with van der Waals surface area (Å²) in [6.07, 6.45) is 4.26. The highest BCUT2D eigenvalue weighted by Crippen LogP contribution is 2.21. The van der Waals surface area contributed by atoms with Gasteiger partial charge in [0.15, 0.2) is 0 Å². The van der Waals surface area contributed by atoms with Gasteiger partial charge >= 0.3 is 0 Å². The third-order valence-electron chi connectivity index (χ3n) is 3.60. The molecule has 20 heavy (non-hydrogen) atoms. The number of nitrogens with zero attached hydrogens (tertiary/aromatic N) is 1. The molecule has 110 valence electrons. The van der Waals surface area contributed by atoms with Gasteiger partial charge in [-0.3, -0.25) is 9.59 Å². The zero-order chi connectivity index (χ0) is 14.6. The molecule has 0 bridgehead atoms. The van der Waals surface area contributed by atoms with Crippen LogP contribution in [0.4, 0.5) is 0 Å². The molecule has 0 aliphatic carbocycles. The molecule has 6 heteroatoms. The first-order valence-corrected chi connectivity index (χ1v) is 6.78. The third kappa shape index (κ3) is 3.84. The summed E-state index contributed by atoms with van der Waals surface area (Å²) >= 11 is 0. The van der Waals surface area contributed by atoms with Gasteiger partial charge in [-0.15, -0.1) is 0 Å². The fourth-order valence-corrected chi connectivity index (χ4v) is 2.17. The van der Waals surface area contributed by atoms with Crippen molar-refractivity contribution in [1.82, 2.24) is 10.2 Å². The number of likely N-dealkylation sites (tertiary alicyclic amines) is 1. The lowest BCUT2D eigenvalue weighted by Gasteiger charge is -2.35. The Kier molecular flexibility index (Phi) is 4.44. The Morgan fingerprint density at radius 3 is 2.75 bits per heavy atom. The summed E-state index contributed by atoms with van der Waals surface area (Å²) in [5.41, 5.74) is -0.210. The first-order valence-electron chi connectivity index (χ1n) is 6.78. The average Bonchev–Trinajstić information content (AvgIpc) is 2.92. The Morgan fingerprint density at radius 2 is 2.15 bits per heavy atom. The highest BCUT2D eigenvalue weighted by Gasteiger charge is 2.29. The molecule has 1 aliphatic rings. The molecule has 0 saturated carbocycles. The van der Waals surface area contributed by atoms with Crippen molar-refractivity contribution in [3.05, 3.63) is 24.2 Å². The van der Waals surface area contributed by atoms with Crippen LogP contribution in [0, 0.1) is 0 Å². The maximum Gasteiger partial charge on any atom is 0.254 e. The predicted molar refractivity (Wildman–Crippen MR) is 72.1 cm³/mol. The topological polar surface area (TPSA) is 82.8 Å². The number of aliphatic hydroxyl groups is 1. The van der Waals surface area contributed by atoms with Gasteiger partial charge in [0.2, 0.25) is 5.91 Å². The summed E-state index contributed by atoms with van der Waals surface area (Å²) in [5.74, 6) is -0.235. The summed E-state index contributed by atoms with van der Waals surface area (Å²) in [6.45, 7) is 3.23. The monoisotopic (exact) mass is 280 g/mol. The second-order valence-corrected chi connectivity index (χ2v) is 5.40. The first kappa shape index (κ1) is 14.6. The van der Waals surface area contributed by atoms with Crippen LogP contribution >= 0.6 is 0 Å². The highest BCUT2D eigenvalue weighted by molar-refractivity contribution is 5.94. The minimum atomic E-state index is -0.660. The Labute approximate surface area is 117 Å². The second-order valence-electron chi connectivity index (χ2n) is 5.40. The molecule has 2 heterocycles. The molecule has 1 aromatic heterocycles. The lowest BCUT2D eigenvalue weighted by Crippen LogP contribution is -2.45. The van der Waals surface area contributed by atoms with Crippen molar-refractivity contribution in [2.24, 2.45) is 0 Å². The zero-order valence-electron chi connectivity index (χ0n) is 11.6. The van der Waals surface area contributed by atoms with Crippen LogP contribution in [-0.2, 0) is 4.79 Å². The van der Waals surface area contributed by atoms with Crippen LogP contribution in [0.15, 0.2) is 23.0 Å². The normalized spacial score (nSPS) is 17.8. The van der Waals surface area contributed by atoms with Crippen LogP contribution in [-0.4, -0.2) is 47.1 Å². The van der Waals surface area contributed by atoms with E-state index in [1.54, 1.807) is 17.9 Å². The van der Waals surface area contributed by atoms with Crippen molar-refractivity contribution in [3.8, 4) is 0 Å². The van der Waals surface area contributed by atoms with E-state index in [4.69, 9.17) is 4.42 Å². The molecule has 0 spiro atoms. The van der Waals surface area contributed by atoms with Gasteiger partial charge in [-0.25, -0.2) is 0 Å². The van der Waals surface area contributed by atoms with Gasteiger partial charge in [0.05, 0.1) is 17.4 Å². The fourth-order valence-electron chi connectivity index (χ4n) is 2.17. The molecular formula is C14H20N2O4. The summed E-state index contributed by atoms with van der Waals surface area (Å²) in [5, 5.41) is 12.5. The van der Waals surface area contributed by atoms with Gasteiger partial charge in [-0.05, 0) is 25.8 Å². The number of amides is 2. The highest BCUT2D eigenvalue weighted by atomic mass is 16.3. The minimum absolute atomic E-state index is 0.00740. The van der Waals surface area contributed by atoms with Crippen LogP contribution in [0.25, 0.3) is 0 Å². The summed E-state index contributed by atoms with van der Waals surface area (Å²) in [7, 11) is 0. The molecule has 2 rings (SSSR count). The van der Waals surface area contributed by atoms with E-state index in [0.29, 0.717) is 38.0 Å². The molecule has 0 unspecified atom stereocenters. The van der Waals surface area contributed by atoms with Crippen molar-refractivity contribution >= 4 is 11.8 Å². The maximum atomic E-state index is 12.0. The smallest absolute Gasteiger partial charge is 0.254 e. The van der Waals surface area contributed by atoms with Crippen LogP contribution in [0.5, 0.6) is 0 Å². The SMILES string of the molecule is CC1(O)CCN(C(=O)CCNC(=O)c2ccoc2)CC1. The number of rotatable bonds is 4.